The average Bonchev–Trinajstić information content (AvgIpc) is 2.91. The maximum absolute atomic E-state index is 13.4. The van der Waals surface area contributed by atoms with Crippen LogP contribution in [0.15, 0.2) is 22.7 Å². The smallest absolute Gasteiger partial charge is 0.137 e. The predicted molar refractivity (Wildman–Crippen MR) is 87.5 cm³/mol. The lowest BCUT2D eigenvalue weighted by atomic mass is 9.79. The number of hydrazine groups is 1. The molecule has 2 saturated heterocycles. The summed E-state index contributed by atoms with van der Waals surface area (Å²) < 4.78 is 20.0. The van der Waals surface area contributed by atoms with E-state index in [0.717, 1.165) is 37.2 Å². The van der Waals surface area contributed by atoms with E-state index in [9.17, 15) is 4.39 Å². The first-order valence-corrected chi connectivity index (χ1v) is 9.21. The molecule has 3 nitrogen and oxygen atoms in total. The van der Waals surface area contributed by atoms with Crippen LogP contribution in [0.3, 0.4) is 0 Å². The largest absolute Gasteiger partial charge is 0.374 e. The molecule has 0 aromatic heterocycles. The number of rotatable bonds is 3. The summed E-state index contributed by atoms with van der Waals surface area (Å²) in [5, 5.41) is 0. The standard InChI is InChI=1S/C15H20BrFN2OS/c16-12-7-10(1-2-13(12)17)14(19-18)11-3-5-20-15(8-11)4-6-21-9-15/h1-2,7,11,14,19H,3-6,8-9,18H2. The SMILES string of the molecule is NNC(c1ccc(F)c(Br)c1)C1CCOC2(CCSC2)C1. The molecule has 2 aliphatic heterocycles. The molecule has 3 unspecified atom stereocenters. The summed E-state index contributed by atoms with van der Waals surface area (Å²) in [5.41, 5.74) is 3.99. The summed E-state index contributed by atoms with van der Waals surface area (Å²) in [6.07, 6.45) is 3.12. The van der Waals surface area contributed by atoms with Crippen molar-refractivity contribution >= 4 is 27.7 Å². The Hall–Kier alpha value is -0.140. The molecule has 3 rings (SSSR count). The van der Waals surface area contributed by atoms with E-state index in [1.807, 2.05) is 23.9 Å². The van der Waals surface area contributed by atoms with Crippen molar-refractivity contribution in [3.05, 3.63) is 34.1 Å². The van der Waals surface area contributed by atoms with E-state index >= 15 is 0 Å². The Kier molecular flexibility index (Phi) is 4.90. The van der Waals surface area contributed by atoms with Crippen molar-refractivity contribution in [3.8, 4) is 0 Å². The molecule has 0 saturated carbocycles. The summed E-state index contributed by atoms with van der Waals surface area (Å²) in [4.78, 5) is 0. The van der Waals surface area contributed by atoms with Crippen molar-refractivity contribution in [2.45, 2.75) is 30.9 Å². The molecule has 3 atom stereocenters. The quantitative estimate of drug-likeness (QED) is 0.628. The summed E-state index contributed by atoms with van der Waals surface area (Å²) >= 11 is 5.22. The van der Waals surface area contributed by atoms with Gasteiger partial charge in [0.05, 0.1) is 10.1 Å². The van der Waals surface area contributed by atoms with Gasteiger partial charge in [0.2, 0.25) is 0 Å². The van der Waals surface area contributed by atoms with Gasteiger partial charge >= 0.3 is 0 Å². The van der Waals surface area contributed by atoms with E-state index in [1.54, 1.807) is 0 Å². The van der Waals surface area contributed by atoms with Gasteiger partial charge in [-0.3, -0.25) is 11.3 Å². The Morgan fingerprint density at radius 3 is 3.05 bits per heavy atom. The van der Waals surface area contributed by atoms with Gasteiger partial charge in [-0.25, -0.2) is 4.39 Å². The number of benzene rings is 1. The first kappa shape index (κ1) is 15.7. The number of nitrogens with one attached hydrogen (secondary N) is 1. The van der Waals surface area contributed by atoms with Crippen LogP contribution in [0, 0.1) is 11.7 Å². The highest BCUT2D eigenvalue weighted by molar-refractivity contribution is 9.10. The monoisotopic (exact) mass is 374 g/mol. The number of thioether (sulfide) groups is 1. The molecule has 21 heavy (non-hydrogen) atoms. The number of nitrogens with two attached hydrogens (primary N) is 1. The molecule has 0 radical (unpaired) electrons. The average molecular weight is 375 g/mol. The normalized spacial score (nSPS) is 30.7. The summed E-state index contributed by atoms with van der Waals surface area (Å²) in [6, 6.07) is 5.17. The highest BCUT2D eigenvalue weighted by Gasteiger charge is 2.42. The molecule has 116 valence electrons. The maximum atomic E-state index is 13.4. The second-order valence-corrected chi connectivity index (χ2v) is 7.86. The molecular formula is C15H20BrFN2OS. The van der Waals surface area contributed by atoms with Crippen LogP contribution < -0.4 is 11.3 Å². The minimum absolute atomic E-state index is 0.0277. The molecule has 0 amide bonds. The van der Waals surface area contributed by atoms with E-state index in [-0.39, 0.29) is 17.5 Å². The number of hydrogen-bond acceptors (Lipinski definition) is 4. The third kappa shape index (κ3) is 3.29. The van der Waals surface area contributed by atoms with E-state index in [4.69, 9.17) is 10.6 Å². The first-order valence-electron chi connectivity index (χ1n) is 7.26. The van der Waals surface area contributed by atoms with Crippen LogP contribution >= 0.6 is 27.7 Å². The topological polar surface area (TPSA) is 47.3 Å². The van der Waals surface area contributed by atoms with Crippen LogP contribution in [-0.2, 0) is 4.74 Å². The van der Waals surface area contributed by atoms with Gasteiger partial charge < -0.3 is 4.74 Å². The fourth-order valence-corrected chi connectivity index (χ4v) is 5.20. The molecule has 2 heterocycles. The third-order valence-corrected chi connectivity index (χ3v) is 6.38. The van der Waals surface area contributed by atoms with Gasteiger partial charge in [-0.15, -0.1) is 0 Å². The Labute approximate surface area is 137 Å². The Morgan fingerprint density at radius 2 is 2.38 bits per heavy atom. The van der Waals surface area contributed by atoms with Crippen molar-refractivity contribution in [1.29, 1.82) is 0 Å². The minimum Gasteiger partial charge on any atom is -0.374 e. The van der Waals surface area contributed by atoms with Crippen molar-refractivity contribution in [2.24, 2.45) is 11.8 Å². The highest BCUT2D eigenvalue weighted by Crippen LogP contribution is 2.44. The molecule has 1 spiro atoms. The zero-order chi connectivity index (χ0) is 14.9. The van der Waals surface area contributed by atoms with Gasteiger partial charge in [0, 0.05) is 18.4 Å². The van der Waals surface area contributed by atoms with Gasteiger partial charge in [0.25, 0.3) is 0 Å². The second-order valence-electron chi connectivity index (χ2n) is 5.90. The van der Waals surface area contributed by atoms with E-state index in [1.165, 1.54) is 11.8 Å². The zero-order valence-electron chi connectivity index (χ0n) is 11.8. The fourth-order valence-electron chi connectivity index (χ4n) is 3.42. The molecule has 0 bridgehead atoms. The number of halogens is 2. The van der Waals surface area contributed by atoms with Crippen LogP contribution in [0.4, 0.5) is 4.39 Å². The fraction of sp³-hybridized carbons (Fsp3) is 0.600. The molecule has 1 aromatic rings. The molecule has 2 aliphatic rings. The number of hydrogen-bond donors (Lipinski definition) is 2. The van der Waals surface area contributed by atoms with E-state index in [0.29, 0.717) is 10.4 Å². The summed E-state index contributed by atoms with van der Waals surface area (Å²) in [6.45, 7) is 0.784. The van der Waals surface area contributed by atoms with Crippen LogP contribution in [-0.4, -0.2) is 23.7 Å². The predicted octanol–water partition coefficient (Wildman–Crippen LogP) is 3.39. The van der Waals surface area contributed by atoms with Gasteiger partial charge in [0.15, 0.2) is 0 Å². The Bertz CT molecular complexity index is 510. The van der Waals surface area contributed by atoms with Crippen molar-refractivity contribution < 1.29 is 9.13 Å². The molecule has 3 N–H and O–H groups in total. The number of ether oxygens (including phenoxy) is 1. The van der Waals surface area contributed by atoms with Crippen LogP contribution in [0.5, 0.6) is 0 Å². The van der Waals surface area contributed by atoms with E-state index < -0.39 is 0 Å². The minimum atomic E-state index is -0.245. The zero-order valence-corrected chi connectivity index (χ0v) is 14.2. The molecule has 0 aliphatic carbocycles. The Morgan fingerprint density at radius 1 is 1.52 bits per heavy atom. The van der Waals surface area contributed by atoms with Gasteiger partial charge in [-0.2, -0.15) is 11.8 Å². The van der Waals surface area contributed by atoms with Crippen LogP contribution in [0.2, 0.25) is 0 Å². The van der Waals surface area contributed by atoms with Crippen molar-refractivity contribution in [3.63, 3.8) is 0 Å². The molecule has 2 fully saturated rings. The van der Waals surface area contributed by atoms with Crippen LogP contribution in [0.25, 0.3) is 0 Å². The first-order chi connectivity index (χ1) is 10.1. The van der Waals surface area contributed by atoms with Gasteiger partial charge in [0.1, 0.15) is 5.82 Å². The molecular weight excluding hydrogens is 355 g/mol. The summed E-state index contributed by atoms with van der Waals surface area (Å²) in [7, 11) is 0. The second kappa shape index (κ2) is 6.54. The lowest BCUT2D eigenvalue weighted by Gasteiger charge is -2.41. The third-order valence-electron chi connectivity index (χ3n) is 4.55. The summed E-state index contributed by atoms with van der Waals surface area (Å²) in [5.74, 6) is 8.23. The lowest BCUT2D eigenvalue weighted by molar-refractivity contribution is -0.0854. The van der Waals surface area contributed by atoms with Gasteiger partial charge in [-0.05, 0) is 64.6 Å². The van der Waals surface area contributed by atoms with Crippen LogP contribution in [0.1, 0.15) is 30.9 Å². The maximum Gasteiger partial charge on any atom is 0.137 e. The van der Waals surface area contributed by atoms with Crippen molar-refractivity contribution in [1.82, 2.24) is 5.43 Å². The van der Waals surface area contributed by atoms with Gasteiger partial charge in [-0.1, -0.05) is 6.07 Å². The van der Waals surface area contributed by atoms with Crippen molar-refractivity contribution in [2.75, 3.05) is 18.1 Å². The molecule has 6 heteroatoms. The van der Waals surface area contributed by atoms with E-state index in [2.05, 4.69) is 21.4 Å². The molecule has 1 aromatic carbocycles. The highest BCUT2D eigenvalue weighted by atomic mass is 79.9. The lowest BCUT2D eigenvalue weighted by Crippen LogP contribution is -2.45. The Balaban J connectivity index is 1.80.